The minimum Gasteiger partial charge on any atom is -0.394 e. The third kappa shape index (κ3) is 4.77. The van der Waals surface area contributed by atoms with E-state index in [1.165, 1.54) is 31.3 Å². The topological polar surface area (TPSA) is 94.8 Å². The number of amides is 1. The van der Waals surface area contributed by atoms with Gasteiger partial charge in [-0.05, 0) is 60.5 Å². The van der Waals surface area contributed by atoms with Crippen LogP contribution < -0.4 is 5.32 Å². The van der Waals surface area contributed by atoms with E-state index in [1.54, 1.807) is 36.4 Å². The molecule has 0 fully saturated rings. The van der Waals surface area contributed by atoms with Crippen molar-refractivity contribution in [3.05, 3.63) is 106 Å². The number of pyridine rings is 1. The second kappa shape index (κ2) is 9.85. The number of benzene rings is 2. The van der Waals surface area contributed by atoms with Crippen LogP contribution in [0.15, 0.2) is 77.9 Å². The van der Waals surface area contributed by atoms with Gasteiger partial charge in [0.15, 0.2) is 0 Å². The molecule has 6 nitrogen and oxygen atoms in total. The molecule has 1 aliphatic heterocycles. The van der Waals surface area contributed by atoms with Crippen molar-refractivity contribution in [3.63, 3.8) is 0 Å². The van der Waals surface area contributed by atoms with Gasteiger partial charge in [0.1, 0.15) is 11.4 Å². The average molecular weight is 480 g/mol. The van der Waals surface area contributed by atoms with Gasteiger partial charge in [-0.1, -0.05) is 35.9 Å². The molecule has 3 N–H and O–H groups in total. The van der Waals surface area contributed by atoms with Crippen molar-refractivity contribution < 1.29 is 19.4 Å². The molecule has 1 amide bonds. The maximum atomic E-state index is 14.9. The lowest BCUT2D eigenvalue weighted by atomic mass is 9.91. The lowest BCUT2D eigenvalue weighted by Gasteiger charge is -2.32. The molecule has 1 aromatic heterocycles. The molecule has 0 bridgehead atoms. The smallest absolute Gasteiger partial charge is 0.252 e. The second-order valence-corrected chi connectivity index (χ2v) is 8.55. The molecule has 1 unspecified atom stereocenters. The predicted molar refractivity (Wildman–Crippen MR) is 129 cm³/mol. The van der Waals surface area contributed by atoms with Crippen LogP contribution in [0.2, 0.25) is 5.02 Å². The summed E-state index contributed by atoms with van der Waals surface area (Å²) in [5.41, 5.74) is 0.825. The number of nitrogens with zero attached hydrogens (tertiary/aromatic N) is 2. The molecule has 0 saturated heterocycles. The fourth-order valence-electron chi connectivity index (χ4n) is 3.83. The van der Waals surface area contributed by atoms with Gasteiger partial charge in [0.2, 0.25) is 0 Å². The van der Waals surface area contributed by atoms with Crippen molar-refractivity contribution in [2.24, 2.45) is 4.99 Å². The first-order chi connectivity index (χ1) is 16.3. The third-order valence-electron chi connectivity index (χ3n) is 5.81. The van der Waals surface area contributed by atoms with Crippen molar-refractivity contribution in [2.75, 3.05) is 13.2 Å². The highest BCUT2D eigenvalue weighted by Gasteiger charge is 2.36. The van der Waals surface area contributed by atoms with Gasteiger partial charge < -0.3 is 15.5 Å². The summed E-state index contributed by atoms with van der Waals surface area (Å²) in [5, 5.41) is 24.2. The van der Waals surface area contributed by atoms with Gasteiger partial charge in [0.05, 0.1) is 36.2 Å². The summed E-state index contributed by atoms with van der Waals surface area (Å²) in [6, 6.07) is 15.3. The van der Waals surface area contributed by atoms with E-state index in [2.05, 4.69) is 15.3 Å². The fourth-order valence-corrected chi connectivity index (χ4v) is 3.96. The van der Waals surface area contributed by atoms with Crippen LogP contribution in [0.25, 0.3) is 5.57 Å². The summed E-state index contributed by atoms with van der Waals surface area (Å²) in [7, 11) is 0. The third-order valence-corrected chi connectivity index (χ3v) is 6.06. The Balaban J connectivity index is 1.63. The number of nitrogens with one attached hydrogen (secondary N) is 1. The maximum Gasteiger partial charge on any atom is 0.252 e. The van der Waals surface area contributed by atoms with E-state index in [1.807, 2.05) is 12.1 Å². The van der Waals surface area contributed by atoms with Crippen LogP contribution in [-0.2, 0) is 5.60 Å². The number of allylic oxidation sites excluding steroid dienone is 1. The lowest BCUT2D eigenvalue weighted by Crippen LogP contribution is -2.51. The Labute approximate surface area is 201 Å². The number of hydrogen-bond donors (Lipinski definition) is 3. The quantitative estimate of drug-likeness (QED) is 0.481. The number of hydrogen-bond acceptors (Lipinski definition) is 5. The molecule has 8 heteroatoms. The Bertz CT molecular complexity index is 1260. The second-order valence-electron chi connectivity index (χ2n) is 8.11. The molecule has 2 atom stereocenters. The molecule has 2 heterocycles. The van der Waals surface area contributed by atoms with Gasteiger partial charge in [-0.25, -0.2) is 4.39 Å². The molecule has 34 heavy (non-hydrogen) atoms. The summed E-state index contributed by atoms with van der Waals surface area (Å²) in [5.74, 6) is -1.25. The highest BCUT2D eigenvalue weighted by Crippen LogP contribution is 2.27. The summed E-state index contributed by atoms with van der Waals surface area (Å²) >= 11 is 5.96. The molecule has 4 rings (SSSR count). The molecule has 0 radical (unpaired) electrons. The van der Waals surface area contributed by atoms with E-state index in [0.717, 1.165) is 11.1 Å². The van der Waals surface area contributed by atoms with E-state index >= 15 is 0 Å². The zero-order valence-electron chi connectivity index (χ0n) is 18.4. The number of rotatable bonds is 7. The first-order valence-electron chi connectivity index (χ1n) is 10.7. The van der Waals surface area contributed by atoms with Gasteiger partial charge in [0, 0.05) is 16.8 Å². The fraction of sp³-hybridized carbons (Fsp3) is 0.192. The molecule has 3 aromatic rings. The molecule has 0 saturated carbocycles. The Morgan fingerprint density at radius 2 is 1.94 bits per heavy atom. The number of carbonyl (C=O) groups is 1. The van der Waals surface area contributed by atoms with Crippen molar-refractivity contribution in [3.8, 4) is 0 Å². The van der Waals surface area contributed by atoms with Crippen LogP contribution in [-0.4, -0.2) is 46.0 Å². The molecule has 2 aromatic carbocycles. The van der Waals surface area contributed by atoms with Gasteiger partial charge in [-0.15, -0.1) is 0 Å². The van der Waals surface area contributed by atoms with Crippen LogP contribution in [0.4, 0.5) is 4.39 Å². The molecule has 0 spiro atoms. The standard InChI is InChI=1S/C26H23ClFN3O3/c1-26(34,22-7-2-3-12-29-22)23(15-32)31-25(33)19-5-4-6-20(28)24(19)21-13-17(14-30-21)16-8-10-18(27)11-9-16/h2-13,23,32,34H,14-15H2,1H3,(H,31,33)/t23-,26?/m0/s1. The first kappa shape index (κ1) is 23.8. The molecular weight excluding hydrogens is 457 g/mol. The molecule has 1 aliphatic rings. The number of aliphatic hydroxyl groups excluding tert-OH is 1. The van der Waals surface area contributed by atoms with E-state index < -0.39 is 30.0 Å². The van der Waals surface area contributed by atoms with Gasteiger partial charge in [-0.3, -0.25) is 14.8 Å². The van der Waals surface area contributed by atoms with E-state index in [0.29, 0.717) is 17.3 Å². The van der Waals surface area contributed by atoms with Gasteiger partial charge in [-0.2, -0.15) is 0 Å². The average Bonchev–Trinajstić information content (AvgIpc) is 3.32. The van der Waals surface area contributed by atoms with Gasteiger partial charge in [0.25, 0.3) is 5.91 Å². The summed E-state index contributed by atoms with van der Waals surface area (Å²) in [6.45, 7) is 1.23. The van der Waals surface area contributed by atoms with Gasteiger partial charge >= 0.3 is 0 Å². The lowest BCUT2D eigenvalue weighted by molar-refractivity contribution is -0.00810. The zero-order chi connectivity index (χ0) is 24.3. The highest BCUT2D eigenvalue weighted by molar-refractivity contribution is 6.30. The summed E-state index contributed by atoms with van der Waals surface area (Å²) < 4.78 is 14.9. The minimum absolute atomic E-state index is 0.0441. The Hall–Kier alpha value is -3.39. The number of halogens is 2. The highest BCUT2D eigenvalue weighted by atomic mass is 35.5. The summed E-state index contributed by atoms with van der Waals surface area (Å²) in [6.07, 6.45) is 3.25. The number of aliphatic imine (C=N–C) groups is 1. The maximum absolute atomic E-state index is 14.9. The first-order valence-corrected chi connectivity index (χ1v) is 11.0. The van der Waals surface area contributed by atoms with E-state index in [4.69, 9.17) is 11.6 Å². The van der Waals surface area contributed by atoms with E-state index in [9.17, 15) is 19.4 Å². The van der Waals surface area contributed by atoms with Crippen molar-refractivity contribution in [2.45, 2.75) is 18.6 Å². The molecular formula is C26H23ClFN3O3. The normalized spacial score (nSPS) is 15.8. The number of carbonyl (C=O) groups excluding carboxylic acids is 1. The largest absolute Gasteiger partial charge is 0.394 e. The SMILES string of the molecule is CC(O)(c1ccccn1)[C@H](CO)NC(=O)c1cccc(F)c1C1=NCC(c2ccc(Cl)cc2)=C1. The van der Waals surface area contributed by atoms with Crippen molar-refractivity contribution >= 4 is 28.8 Å². The van der Waals surface area contributed by atoms with Crippen molar-refractivity contribution in [1.82, 2.24) is 10.3 Å². The Morgan fingerprint density at radius 3 is 2.62 bits per heavy atom. The molecule has 174 valence electrons. The van der Waals surface area contributed by atoms with Crippen LogP contribution in [0.1, 0.15) is 34.1 Å². The van der Waals surface area contributed by atoms with Crippen molar-refractivity contribution in [1.29, 1.82) is 0 Å². The summed E-state index contributed by atoms with van der Waals surface area (Å²) in [4.78, 5) is 21.8. The zero-order valence-corrected chi connectivity index (χ0v) is 19.1. The number of aromatic nitrogens is 1. The van der Waals surface area contributed by atoms with Crippen LogP contribution in [0.5, 0.6) is 0 Å². The number of aliphatic hydroxyl groups is 2. The van der Waals surface area contributed by atoms with E-state index in [-0.39, 0.29) is 16.8 Å². The Morgan fingerprint density at radius 1 is 1.18 bits per heavy atom. The predicted octanol–water partition coefficient (Wildman–Crippen LogP) is 3.76. The van der Waals surface area contributed by atoms with Crippen LogP contribution in [0, 0.1) is 5.82 Å². The monoisotopic (exact) mass is 479 g/mol. The minimum atomic E-state index is -1.66. The molecule has 0 aliphatic carbocycles. The Kier molecular flexibility index (Phi) is 6.88. The van der Waals surface area contributed by atoms with Crippen LogP contribution in [0.3, 0.4) is 0 Å². The van der Waals surface area contributed by atoms with Crippen LogP contribution >= 0.6 is 11.6 Å².